The largest absolute Gasteiger partial charge is 0.135 e. The van der Waals surface area contributed by atoms with E-state index in [4.69, 9.17) is 0 Å². The molecule has 1 aromatic heterocycles. The van der Waals surface area contributed by atoms with E-state index in [0.29, 0.717) is 0 Å². The molecule has 1 aliphatic rings. The van der Waals surface area contributed by atoms with Crippen LogP contribution in [0.5, 0.6) is 0 Å². The number of hydrogen-bond acceptors (Lipinski definition) is 1. The summed E-state index contributed by atoms with van der Waals surface area (Å²) in [5.41, 5.74) is 9.24. The van der Waals surface area contributed by atoms with Crippen molar-refractivity contribution < 1.29 is 0 Å². The predicted molar refractivity (Wildman–Crippen MR) is 188 cm³/mol. The highest BCUT2D eigenvalue weighted by Crippen LogP contribution is 2.48. The maximum Gasteiger partial charge on any atom is 0.0430 e. The van der Waals surface area contributed by atoms with E-state index in [-0.39, 0.29) is 0 Å². The molecule has 202 valence electrons. The van der Waals surface area contributed by atoms with Crippen molar-refractivity contribution in [2.45, 2.75) is 12.8 Å². The molecule has 0 fully saturated rings. The van der Waals surface area contributed by atoms with Gasteiger partial charge in [-0.25, -0.2) is 0 Å². The second-order valence-electron chi connectivity index (χ2n) is 11.5. The van der Waals surface area contributed by atoms with E-state index < -0.39 is 0 Å². The molecule has 0 saturated heterocycles. The normalized spacial score (nSPS) is 12.8. The molecule has 0 nitrogen and oxygen atoms in total. The minimum atomic E-state index is 1.13. The maximum atomic E-state index is 2.33. The van der Waals surface area contributed by atoms with Gasteiger partial charge in [-0.15, -0.1) is 11.3 Å². The van der Waals surface area contributed by atoms with Crippen LogP contribution in [0.3, 0.4) is 0 Å². The third-order valence-electron chi connectivity index (χ3n) is 9.14. The molecule has 0 amide bonds. The molecule has 9 rings (SSSR count). The van der Waals surface area contributed by atoms with Crippen molar-refractivity contribution in [2.24, 2.45) is 0 Å². The zero-order valence-electron chi connectivity index (χ0n) is 23.7. The molecule has 8 aromatic rings. The first-order valence-electron chi connectivity index (χ1n) is 15.1. The van der Waals surface area contributed by atoms with Crippen LogP contribution in [0.1, 0.15) is 16.9 Å². The SMILES string of the molecule is C1=Cc2sc3c(-c4c5ccccc5c(-c5ccc(-c6ccc7ccccc7c6)cc5)c5ccccc45)cccc3c2CC1. The van der Waals surface area contributed by atoms with Crippen LogP contribution in [0, 0.1) is 0 Å². The second kappa shape index (κ2) is 9.80. The predicted octanol–water partition coefficient (Wildman–Crippen LogP) is 12.3. The van der Waals surface area contributed by atoms with Gasteiger partial charge in [0.05, 0.1) is 0 Å². The molecule has 0 spiro atoms. The van der Waals surface area contributed by atoms with Crippen LogP contribution >= 0.6 is 11.3 Å². The highest BCUT2D eigenvalue weighted by atomic mass is 32.1. The maximum absolute atomic E-state index is 2.33. The van der Waals surface area contributed by atoms with Crippen LogP contribution < -0.4 is 0 Å². The van der Waals surface area contributed by atoms with Gasteiger partial charge in [0.1, 0.15) is 0 Å². The van der Waals surface area contributed by atoms with Gasteiger partial charge in [-0.05, 0) is 96.1 Å². The zero-order chi connectivity index (χ0) is 28.3. The van der Waals surface area contributed by atoms with E-state index in [2.05, 4.69) is 146 Å². The van der Waals surface area contributed by atoms with Gasteiger partial charge in [0, 0.05) is 15.1 Å². The molecule has 1 heterocycles. The summed E-state index contributed by atoms with van der Waals surface area (Å²) in [7, 11) is 0. The monoisotopic (exact) mass is 564 g/mol. The molecular formula is C42H28S. The van der Waals surface area contributed by atoms with Gasteiger partial charge in [0.25, 0.3) is 0 Å². The lowest BCUT2D eigenvalue weighted by Gasteiger charge is -2.18. The summed E-state index contributed by atoms with van der Waals surface area (Å²) in [5, 5.41) is 9.18. The molecule has 0 bridgehead atoms. The molecule has 0 radical (unpaired) electrons. The van der Waals surface area contributed by atoms with Crippen LogP contribution in [0.4, 0.5) is 0 Å². The third-order valence-corrected chi connectivity index (χ3v) is 10.4. The molecule has 1 heteroatoms. The Morgan fingerprint density at radius 2 is 1.07 bits per heavy atom. The average Bonchev–Trinajstić information content (AvgIpc) is 3.46. The van der Waals surface area contributed by atoms with Crippen LogP contribution in [-0.4, -0.2) is 0 Å². The summed E-state index contributed by atoms with van der Waals surface area (Å²) in [5.74, 6) is 0. The molecule has 0 aliphatic heterocycles. The Morgan fingerprint density at radius 1 is 0.465 bits per heavy atom. The summed E-state index contributed by atoms with van der Waals surface area (Å²) < 4.78 is 1.40. The van der Waals surface area contributed by atoms with Crippen molar-refractivity contribution in [3.63, 3.8) is 0 Å². The number of benzene rings is 7. The average molecular weight is 565 g/mol. The van der Waals surface area contributed by atoms with Gasteiger partial charge in [-0.3, -0.25) is 0 Å². The highest BCUT2D eigenvalue weighted by molar-refractivity contribution is 7.20. The van der Waals surface area contributed by atoms with Crippen LogP contribution in [-0.2, 0) is 6.42 Å². The standard InChI is InChI=1S/C42H28S/c1-2-11-30-26-31(25-22-27(30)10-1)28-20-23-29(24-21-28)40-33-13-3-5-15-35(33)41(36-16-6-4-14-34(36)40)38-18-9-17-37-32-12-7-8-19-39(32)43-42(37)38/h1-6,8-11,13-26H,7,12H2. The van der Waals surface area contributed by atoms with E-state index in [9.17, 15) is 0 Å². The Hall–Kier alpha value is -4.98. The van der Waals surface area contributed by atoms with Crippen molar-refractivity contribution in [1.82, 2.24) is 0 Å². The molecule has 7 aromatic carbocycles. The van der Waals surface area contributed by atoms with Crippen molar-refractivity contribution in [3.8, 4) is 33.4 Å². The van der Waals surface area contributed by atoms with E-state index in [1.165, 1.54) is 86.2 Å². The lowest BCUT2D eigenvalue weighted by atomic mass is 9.85. The number of rotatable bonds is 3. The fourth-order valence-corrected chi connectivity index (χ4v) is 8.42. The molecule has 0 saturated carbocycles. The summed E-state index contributed by atoms with van der Waals surface area (Å²) in [6.45, 7) is 0. The zero-order valence-corrected chi connectivity index (χ0v) is 24.5. The fourth-order valence-electron chi connectivity index (χ4n) is 7.12. The minimum absolute atomic E-state index is 1.13. The molecule has 0 unspecified atom stereocenters. The first-order chi connectivity index (χ1) is 21.3. The summed E-state index contributed by atoms with van der Waals surface area (Å²) in [6.07, 6.45) is 6.91. The third kappa shape index (κ3) is 3.89. The van der Waals surface area contributed by atoms with Gasteiger partial charge >= 0.3 is 0 Å². The summed E-state index contributed by atoms with van der Waals surface area (Å²) in [4.78, 5) is 1.42. The Morgan fingerprint density at radius 3 is 1.81 bits per heavy atom. The first kappa shape index (κ1) is 24.6. The smallest absolute Gasteiger partial charge is 0.0430 e. The van der Waals surface area contributed by atoms with Crippen LogP contribution in [0.25, 0.3) is 81.9 Å². The lowest BCUT2D eigenvalue weighted by molar-refractivity contribution is 1.01. The van der Waals surface area contributed by atoms with E-state index in [0.717, 1.165) is 12.8 Å². The van der Waals surface area contributed by atoms with Gasteiger partial charge in [-0.1, -0.05) is 133 Å². The van der Waals surface area contributed by atoms with Crippen molar-refractivity contribution >= 4 is 59.8 Å². The molecule has 43 heavy (non-hydrogen) atoms. The molecular weight excluding hydrogens is 537 g/mol. The van der Waals surface area contributed by atoms with Crippen LogP contribution in [0.15, 0.2) is 140 Å². The van der Waals surface area contributed by atoms with E-state index >= 15 is 0 Å². The second-order valence-corrected chi connectivity index (χ2v) is 12.6. The number of aryl methyl sites for hydroxylation is 1. The molecule has 1 aliphatic carbocycles. The Labute approximate surface area is 255 Å². The fraction of sp³-hybridized carbons (Fsp3) is 0.0476. The Kier molecular flexibility index (Phi) is 5.61. The quantitative estimate of drug-likeness (QED) is 0.187. The van der Waals surface area contributed by atoms with Gasteiger partial charge in [0.15, 0.2) is 0 Å². The highest BCUT2D eigenvalue weighted by Gasteiger charge is 2.20. The number of fused-ring (bicyclic) bond motifs is 6. The minimum Gasteiger partial charge on any atom is -0.135 e. The van der Waals surface area contributed by atoms with Gasteiger partial charge in [0.2, 0.25) is 0 Å². The summed E-state index contributed by atoms with van der Waals surface area (Å²) >= 11 is 1.95. The van der Waals surface area contributed by atoms with Crippen molar-refractivity contribution in [1.29, 1.82) is 0 Å². The Bertz CT molecular complexity index is 2330. The van der Waals surface area contributed by atoms with Crippen LogP contribution in [0.2, 0.25) is 0 Å². The topological polar surface area (TPSA) is 0 Å². The number of allylic oxidation sites excluding steroid dienone is 1. The van der Waals surface area contributed by atoms with E-state index in [1.807, 2.05) is 11.3 Å². The lowest BCUT2D eigenvalue weighted by Crippen LogP contribution is -1.91. The first-order valence-corrected chi connectivity index (χ1v) is 15.9. The number of thiophene rings is 1. The summed E-state index contributed by atoms with van der Waals surface area (Å²) in [6, 6.07) is 49.4. The Balaban J connectivity index is 1.27. The molecule has 0 N–H and O–H groups in total. The van der Waals surface area contributed by atoms with Crippen molar-refractivity contribution in [2.75, 3.05) is 0 Å². The molecule has 0 atom stereocenters. The van der Waals surface area contributed by atoms with Gasteiger partial charge in [-0.2, -0.15) is 0 Å². The van der Waals surface area contributed by atoms with E-state index in [1.54, 1.807) is 0 Å². The van der Waals surface area contributed by atoms with Crippen molar-refractivity contribution in [3.05, 3.63) is 150 Å². The van der Waals surface area contributed by atoms with Gasteiger partial charge < -0.3 is 0 Å². The number of hydrogen-bond donors (Lipinski definition) is 0.